The van der Waals surface area contributed by atoms with E-state index in [2.05, 4.69) is 42.5 Å². The molecule has 0 amide bonds. The highest BCUT2D eigenvalue weighted by atomic mass is 32.1. The molecule has 3 aromatic rings. The van der Waals surface area contributed by atoms with Crippen LogP contribution in [0.5, 0.6) is 5.75 Å². The molecule has 3 aromatic carbocycles. The lowest BCUT2D eigenvalue weighted by molar-refractivity contribution is -0.172. The molecule has 0 saturated heterocycles. The van der Waals surface area contributed by atoms with Crippen molar-refractivity contribution in [3.8, 4) is 27.3 Å². The first kappa shape index (κ1) is 16.8. The zero-order chi connectivity index (χ0) is 19.3. The first-order valence-electron chi connectivity index (χ1n) is 9.05. The largest absolute Gasteiger partial charge is 0.497 e. The van der Waals surface area contributed by atoms with Gasteiger partial charge in [-0.3, -0.25) is 5.41 Å². The Bertz CT molecular complexity index is 1390. The number of rotatable bonds is 2. The summed E-state index contributed by atoms with van der Waals surface area (Å²) in [7, 11) is 1.69. The molecule has 0 saturated carbocycles. The fourth-order valence-corrected chi connectivity index (χ4v) is 4.93. The molecule has 0 aromatic heterocycles. The van der Waals surface area contributed by atoms with E-state index in [1.165, 1.54) is 27.5 Å². The van der Waals surface area contributed by atoms with Crippen LogP contribution in [-0.4, -0.2) is 7.11 Å². The molecule has 0 spiro atoms. The third-order valence-corrected chi connectivity index (χ3v) is 6.22. The average Bonchev–Trinajstić information content (AvgIpc) is 2.71. The van der Waals surface area contributed by atoms with E-state index < -0.39 is 0 Å². The van der Waals surface area contributed by atoms with Gasteiger partial charge in [0.25, 0.3) is 0 Å². The normalized spacial score (nSPS) is 11.3. The van der Waals surface area contributed by atoms with Crippen LogP contribution >= 0.6 is 11.3 Å². The molecule has 0 bridgehead atoms. The van der Waals surface area contributed by atoms with E-state index in [-0.39, 0.29) is 0 Å². The van der Waals surface area contributed by atoms with E-state index in [9.17, 15) is 0 Å². The minimum absolute atomic E-state index is 0.767. The van der Waals surface area contributed by atoms with Crippen molar-refractivity contribution in [2.45, 2.75) is 0 Å². The average molecular weight is 383 g/mol. The second-order valence-electron chi connectivity index (χ2n) is 6.92. The molecular weight excluding hydrogens is 364 g/mol. The standard InChI is InChI=1S/C24H18N2OS/c1-27-19-7-4-14-10-16(3-2-15(14)11-19)24-20-8-5-17(25)12-22(20)28-23-13-18(26)6-9-21(23)24/h2-13,25H,26H2,1H3/p+1. The van der Waals surface area contributed by atoms with Crippen LogP contribution in [0.2, 0.25) is 0 Å². The Morgan fingerprint density at radius 1 is 0.857 bits per heavy atom. The van der Waals surface area contributed by atoms with Crippen LogP contribution in [0.25, 0.3) is 42.4 Å². The summed E-state index contributed by atoms with van der Waals surface area (Å²) in [6, 6.07) is 25.0. The quantitative estimate of drug-likeness (QED) is 0.356. The fraction of sp³-hybridized carbons (Fsp3) is 0.0417. The van der Waals surface area contributed by atoms with Crippen LogP contribution in [-0.2, 0) is 0 Å². The highest BCUT2D eigenvalue weighted by Crippen LogP contribution is 2.43. The number of fused-ring (bicyclic) bond motifs is 3. The number of benzene rings is 4. The van der Waals surface area contributed by atoms with Crippen LogP contribution in [0, 0.1) is 0 Å². The molecule has 2 aliphatic rings. The lowest BCUT2D eigenvalue weighted by Gasteiger charge is -2.16. The van der Waals surface area contributed by atoms with Crippen LogP contribution < -0.4 is 21.2 Å². The summed E-state index contributed by atoms with van der Waals surface area (Å²) < 4.78 is 6.51. The molecule has 5 rings (SSSR count). The third-order valence-electron chi connectivity index (χ3n) is 5.11. The summed E-state index contributed by atoms with van der Waals surface area (Å²) in [5.74, 6) is 0.864. The molecule has 28 heavy (non-hydrogen) atoms. The second-order valence-corrected chi connectivity index (χ2v) is 8.00. The summed E-state index contributed by atoms with van der Waals surface area (Å²) in [5, 5.41) is 10.4. The second kappa shape index (κ2) is 6.36. The van der Waals surface area contributed by atoms with Gasteiger partial charge in [-0.05, 0) is 58.3 Å². The predicted octanol–water partition coefficient (Wildman–Crippen LogP) is 4.08. The molecule has 1 aliphatic heterocycles. The van der Waals surface area contributed by atoms with Crippen LogP contribution in [0.1, 0.15) is 0 Å². The van der Waals surface area contributed by atoms with Crippen LogP contribution in [0.4, 0.5) is 5.69 Å². The number of ether oxygens (including phenoxy) is 1. The van der Waals surface area contributed by atoms with E-state index in [1.807, 2.05) is 30.3 Å². The maximum Gasteiger partial charge on any atom is 0.198 e. The Labute approximate surface area is 166 Å². The Morgan fingerprint density at radius 3 is 2.54 bits per heavy atom. The number of anilines is 1. The van der Waals surface area contributed by atoms with Gasteiger partial charge in [0.2, 0.25) is 0 Å². The van der Waals surface area contributed by atoms with Gasteiger partial charge >= 0.3 is 0 Å². The zero-order valence-electron chi connectivity index (χ0n) is 15.4. The molecule has 136 valence electrons. The molecular formula is C24H19N2OS+. The molecule has 0 fully saturated rings. The van der Waals surface area contributed by atoms with Crippen molar-refractivity contribution in [1.82, 2.24) is 0 Å². The molecule has 1 aliphatic carbocycles. The summed E-state index contributed by atoms with van der Waals surface area (Å²) in [4.78, 5) is 1.16. The van der Waals surface area contributed by atoms with E-state index in [0.29, 0.717) is 0 Å². The van der Waals surface area contributed by atoms with Gasteiger partial charge in [-0.2, -0.15) is 0 Å². The summed E-state index contributed by atoms with van der Waals surface area (Å²) in [5.41, 5.74) is 10.4. The number of hydrogen-bond acceptors (Lipinski definition) is 3. The number of methoxy groups -OCH3 is 1. The van der Waals surface area contributed by atoms with Crippen molar-refractivity contribution >= 4 is 37.9 Å². The van der Waals surface area contributed by atoms with Crippen molar-refractivity contribution in [2.24, 2.45) is 0 Å². The zero-order valence-corrected chi connectivity index (χ0v) is 16.2. The topological polar surface area (TPSA) is 60.8 Å². The van der Waals surface area contributed by atoms with Crippen LogP contribution in [0.3, 0.4) is 0 Å². The lowest BCUT2D eigenvalue weighted by atomic mass is 9.93. The molecule has 4 heteroatoms. The van der Waals surface area contributed by atoms with Crippen molar-refractivity contribution in [3.63, 3.8) is 0 Å². The van der Waals surface area contributed by atoms with Crippen molar-refractivity contribution in [1.29, 1.82) is 0 Å². The van der Waals surface area contributed by atoms with Gasteiger partial charge in [-0.25, -0.2) is 0 Å². The van der Waals surface area contributed by atoms with Gasteiger partial charge < -0.3 is 10.5 Å². The van der Waals surface area contributed by atoms with Crippen LogP contribution in [0.15, 0.2) is 72.8 Å². The van der Waals surface area contributed by atoms with Gasteiger partial charge in [0.1, 0.15) is 5.75 Å². The minimum atomic E-state index is 0.767. The number of nitrogens with two attached hydrogens (primary N) is 2. The van der Waals surface area contributed by atoms with Crippen molar-refractivity contribution in [2.75, 3.05) is 12.8 Å². The lowest BCUT2D eigenvalue weighted by Crippen LogP contribution is -2.44. The van der Waals surface area contributed by atoms with E-state index in [1.54, 1.807) is 18.4 Å². The number of nitrogen functional groups attached to an aromatic ring is 1. The van der Waals surface area contributed by atoms with Gasteiger partial charge in [0.15, 0.2) is 5.36 Å². The molecule has 0 unspecified atom stereocenters. The fourth-order valence-electron chi connectivity index (χ4n) is 3.74. The van der Waals surface area contributed by atoms with E-state index >= 15 is 0 Å². The molecule has 0 radical (unpaired) electrons. The van der Waals surface area contributed by atoms with Crippen molar-refractivity contribution < 1.29 is 10.1 Å². The Balaban J connectivity index is 1.86. The number of hydrogen-bond donors (Lipinski definition) is 2. The highest BCUT2D eigenvalue weighted by molar-refractivity contribution is 7.21. The minimum Gasteiger partial charge on any atom is -0.497 e. The van der Waals surface area contributed by atoms with Gasteiger partial charge in [0.05, 0.1) is 7.11 Å². The Morgan fingerprint density at radius 2 is 1.68 bits per heavy atom. The summed E-state index contributed by atoms with van der Waals surface area (Å²) in [6.45, 7) is 0. The molecule has 1 heterocycles. The molecule has 4 N–H and O–H groups in total. The SMILES string of the molecule is COc1ccc2cc(-c3c4ccc(=[NH2+])cc-4sc4cc(N)ccc34)ccc2c1. The molecule has 3 nitrogen and oxygen atoms in total. The molecule has 0 atom stereocenters. The van der Waals surface area contributed by atoms with E-state index in [4.69, 9.17) is 15.9 Å². The summed E-state index contributed by atoms with van der Waals surface area (Å²) >= 11 is 1.72. The smallest absolute Gasteiger partial charge is 0.198 e. The maximum absolute atomic E-state index is 6.06. The predicted molar refractivity (Wildman–Crippen MR) is 117 cm³/mol. The Hall–Kier alpha value is -3.37. The maximum atomic E-state index is 6.06. The first-order chi connectivity index (χ1) is 13.6. The van der Waals surface area contributed by atoms with E-state index in [0.717, 1.165) is 31.8 Å². The Kier molecular flexibility index (Phi) is 3.81. The summed E-state index contributed by atoms with van der Waals surface area (Å²) in [6.07, 6.45) is 0. The van der Waals surface area contributed by atoms with Gasteiger partial charge in [-0.1, -0.05) is 24.3 Å². The first-order valence-corrected chi connectivity index (χ1v) is 9.87. The monoisotopic (exact) mass is 383 g/mol. The van der Waals surface area contributed by atoms with Gasteiger partial charge in [-0.15, -0.1) is 11.3 Å². The highest BCUT2D eigenvalue weighted by Gasteiger charge is 2.16. The van der Waals surface area contributed by atoms with Crippen molar-refractivity contribution in [3.05, 3.63) is 78.2 Å². The third kappa shape index (κ3) is 2.70. The van der Waals surface area contributed by atoms with Gasteiger partial charge in [0, 0.05) is 38.3 Å².